The Morgan fingerprint density at radius 2 is 1.60 bits per heavy atom. The third-order valence-electron chi connectivity index (χ3n) is 1.92. The summed E-state index contributed by atoms with van der Waals surface area (Å²) in [6.45, 7) is 0. The van der Waals surface area contributed by atoms with Crippen molar-refractivity contribution >= 4 is 38.4 Å². The zero-order chi connectivity index (χ0) is 11.0. The minimum atomic E-state index is -0.734. The maximum Gasteiger partial charge on any atom is 0.391 e. The Hall–Kier alpha value is -1.44. The van der Waals surface area contributed by atoms with E-state index in [1.807, 2.05) is 0 Å². The summed E-state index contributed by atoms with van der Waals surface area (Å²) >= 11 is 1.34. The van der Waals surface area contributed by atoms with Crippen molar-refractivity contribution in [3.63, 3.8) is 0 Å². The molecule has 0 saturated heterocycles. The lowest BCUT2D eigenvalue weighted by atomic mass is 10.1. The number of benzene rings is 1. The molecule has 0 unspecified atom stereocenters. The van der Waals surface area contributed by atoms with Gasteiger partial charge in [-0.2, -0.15) is 0 Å². The number of hydrogen-bond acceptors (Lipinski definition) is 4. The first-order valence-corrected chi connectivity index (χ1v) is 5.04. The van der Waals surface area contributed by atoms with Crippen molar-refractivity contribution in [2.45, 2.75) is 0 Å². The van der Waals surface area contributed by atoms with Gasteiger partial charge in [-0.05, 0) is 12.1 Å². The molecule has 76 valence electrons. The van der Waals surface area contributed by atoms with Crippen LogP contribution in [-0.2, 0) is 4.84 Å². The molecule has 1 heterocycles. The van der Waals surface area contributed by atoms with Crippen LogP contribution in [0, 0.1) is 0 Å². The molecule has 0 fully saturated rings. The van der Waals surface area contributed by atoms with E-state index in [9.17, 15) is 14.4 Å². The normalized spacial score (nSPS) is 14.1. The van der Waals surface area contributed by atoms with Crippen molar-refractivity contribution in [3.05, 3.63) is 35.4 Å². The van der Waals surface area contributed by atoms with Gasteiger partial charge < -0.3 is 4.84 Å². The number of hydroxylamine groups is 2. The molecule has 0 atom stereocenters. The van der Waals surface area contributed by atoms with Gasteiger partial charge in [0, 0.05) is 0 Å². The van der Waals surface area contributed by atoms with Crippen LogP contribution in [0.25, 0.3) is 0 Å². The number of hydrogen-bond donors (Lipinski definition) is 0. The van der Waals surface area contributed by atoms with Crippen LogP contribution in [0.1, 0.15) is 20.7 Å². The van der Waals surface area contributed by atoms with Crippen LogP contribution in [0.3, 0.4) is 0 Å². The zero-order valence-corrected chi connectivity index (χ0v) is 9.43. The lowest BCUT2D eigenvalue weighted by molar-refractivity contribution is -0.0335. The van der Waals surface area contributed by atoms with E-state index in [0.717, 1.165) is 0 Å². The average Bonchev–Trinajstić information content (AvgIpc) is 2.44. The fourth-order valence-electron chi connectivity index (χ4n) is 1.32. The van der Waals surface area contributed by atoms with E-state index in [-0.39, 0.29) is 11.1 Å². The Bertz CT molecular complexity index is 436. The molecule has 0 bridgehead atoms. The quantitative estimate of drug-likeness (QED) is 0.450. The highest BCUT2D eigenvalue weighted by molar-refractivity contribution is 14.1. The van der Waals surface area contributed by atoms with E-state index in [0.29, 0.717) is 5.06 Å². The number of nitrogens with zero attached hydrogens (tertiary/aromatic N) is 1. The summed E-state index contributed by atoms with van der Waals surface area (Å²) in [6, 6.07) is 6.30. The van der Waals surface area contributed by atoms with E-state index in [1.165, 1.54) is 34.7 Å². The maximum atomic E-state index is 11.6. The van der Waals surface area contributed by atoms with Gasteiger partial charge in [-0.25, -0.2) is 4.79 Å². The number of carbonyl (C=O) groups excluding carboxylic acids is 3. The second-order valence-electron chi connectivity index (χ2n) is 2.78. The number of rotatable bonds is 1. The van der Waals surface area contributed by atoms with Gasteiger partial charge in [0.15, 0.2) is 0 Å². The van der Waals surface area contributed by atoms with Crippen LogP contribution in [0.2, 0.25) is 0 Å². The number of carbonyl (C=O) groups is 3. The summed E-state index contributed by atoms with van der Waals surface area (Å²) in [5.41, 5.74) is 0.500. The number of amides is 2. The molecule has 0 N–H and O–H groups in total. The first kappa shape index (κ1) is 10.1. The predicted molar refractivity (Wildman–Crippen MR) is 57.4 cm³/mol. The SMILES string of the molecule is O=C(I)ON1C(=O)c2ccccc2C1=O. The van der Waals surface area contributed by atoms with Gasteiger partial charge in [0.05, 0.1) is 33.7 Å². The molecule has 5 nitrogen and oxygen atoms in total. The van der Waals surface area contributed by atoms with Crippen LogP contribution >= 0.6 is 22.6 Å². The predicted octanol–water partition coefficient (Wildman–Crippen LogP) is 1.77. The van der Waals surface area contributed by atoms with Gasteiger partial charge in [0.1, 0.15) is 0 Å². The van der Waals surface area contributed by atoms with E-state index < -0.39 is 15.8 Å². The molecule has 1 aliphatic rings. The maximum absolute atomic E-state index is 11.6. The molecule has 15 heavy (non-hydrogen) atoms. The van der Waals surface area contributed by atoms with E-state index in [4.69, 9.17) is 0 Å². The fourth-order valence-corrected chi connectivity index (χ4v) is 1.52. The number of halogens is 1. The van der Waals surface area contributed by atoms with Gasteiger partial charge in [0.2, 0.25) is 0 Å². The van der Waals surface area contributed by atoms with E-state index in [1.54, 1.807) is 12.1 Å². The van der Waals surface area contributed by atoms with Gasteiger partial charge in [-0.15, -0.1) is 0 Å². The van der Waals surface area contributed by atoms with Crippen LogP contribution in [0.5, 0.6) is 0 Å². The van der Waals surface area contributed by atoms with E-state index >= 15 is 0 Å². The Morgan fingerprint density at radius 3 is 2.00 bits per heavy atom. The highest BCUT2D eigenvalue weighted by Gasteiger charge is 2.38. The van der Waals surface area contributed by atoms with Crippen molar-refractivity contribution in [2.75, 3.05) is 0 Å². The monoisotopic (exact) mass is 317 g/mol. The van der Waals surface area contributed by atoms with Crippen molar-refractivity contribution in [1.29, 1.82) is 0 Å². The van der Waals surface area contributed by atoms with Gasteiger partial charge in [0.25, 0.3) is 11.8 Å². The molecule has 0 radical (unpaired) electrons. The summed E-state index contributed by atoms with van der Waals surface area (Å²) in [4.78, 5) is 38.3. The fraction of sp³-hybridized carbons (Fsp3) is 0. The minimum Gasteiger partial charge on any atom is -0.319 e. The van der Waals surface area contributed by atoms with Crippen LogP contribution < -0.4 is 0 Å². The molecule has 0 spiro atoms. The second kappa shape index (κ2) is 3.61. The van der Waals surface area contributed by atoms with Crippen LogP contribution in [-0.4, -0.2) is 20.9 Å². The largest absolute Gasteiger partial charge is 0.391 e. The number of fused-ring (bicyclic) bond motifs is 1. The first-order valence-electron chi connectivity index (χ1n) is 3.96. The summed E-state index contributed by atoms with van der Waals surface area (Å²) in [5.74, 6) is -1.22. The highest BCUT2D eigenvalue weighted by atomic mass is 127. The molecule has 6 heteroatoms. The third kappa shape index (κ3) is 1.60. The van der Waals surface area contributed by atoms with Gasteiger partial charge >= 0.3 is 3.98 Å². The standard InChI is InChI=1S/C9H4INO4/c10-9(14)15-11-7(12)5-3-1-2-4-6(5)8(11)13/h1-4H. The Morgan fingerprint density at radius 1 is 1.13 bits per heavy atom. The molecule has 1 aliphatic heterocycles. The highest BCUT2D eigenvalue weighted by Crippen LogP contribution is 2.23. The Balaban J connectivity index is 2.41. The molecule has 0 saturated carbocycles. The van der Waals surface area contributed by atoms with Crippen LogP contribution in [0.4, 0.5) is 4.79 Å². The molecule has 1 aromatic carbocycles. The molecular formula is C9H4INO4. The van der Waals surface area contributed by atoms with Crippen molar-refractivity contribution in [1.82, 2.24) is 5.06 Å². The molecule has 1 aromatic rings. The smallest absolute Gasteiger partial charge is 0.319 e. The van der Waals surface area contributed by atoms with Crippen LogP contribution in [0.15, 0.2) is 24.3 Å². The Kier molecular flexibility index (Phi) is 2.43. The molecule has 2 amide bonds. The van der Waals surface area contributed by atoms with Crippen molar-refractivity contribution < 1.29 is 19.2 Å². The minimum absolute atomic E-state index is 0.250. The van der Waals surface area contributed by atoms with Gasteiger partial charge in [-0.1, -0.05) is 17.2 Å². The molecule has 0 aromatic heterocycles. The first-order chi connectivity index (χ1) is 7.11. The van der Waals surface area contributed by atoms with Crippen molar-refractivity contribution in [2.24, 2.45) is 0 Å². The van der Waals surface area contributed by atoms with Gasteiger partial charge in [-0.3, -0.25) is 9.59 Å². The summed E-state index contributed by atoms with van der Waals surface area (Å²) in [6.07, 6.45) is 0. The second-order valence-corrected chi connectivity index (χ2v) is 3.66. The topological polar surface area (TPSA) is 63.7 Å². The summed E-state index contributed by atoms with van der Waals surface area (Å²) < 4.78 is -0.734. The summed E-state index contributed by atoms with van der Waals surface area (Å²) in [7, 11) is 0. The molecule has 0 aliphatic carbocycles. The molecular weight excluding hydrogens is 313 g/mol. The Labute approximate surface area is 98.1 Å². The van der Waals surface area contributed by atoms with E-state index in [2.05, 4.69) is 4.84 Å². The lowest BCUT2D eigenvalue weighted by Crippen LogP contribution is -2.30. The third-order valence-corrected chi connectivity index (χ3v) is 2.12. The molecule has 2 rings (SSSR count). The lowest BCUT2D eigenvalue weighted by Gasteiger charge is -2.09. The summed E-state index contributed by atoms with van der Waals surface area (Å²) in [5, 5.41) is 0.472. The average molecular weight is 317 g/mol. The van der Waals surface area contributed by atoms with Crippen molar-refractivity contribution in [3.8, 4) is 0 Å². The number of imide groups is 1. The zero-order valence-electron chi connectivity index (χ0n) is 7.27.